The number of aliphatic hydroxyl groups is 3. The zero-order valence-electron chi connectivity index (χ0n) is 21.8. The SMILES string of the molecule is CCCCCC(=O)OC[C@H]1O[C@@H](Oc2c(O)cc3oc(-c4ccc(O)c(O)c4)c(O)c(=O)c3c2O)[C@H](O)[C@@H](O)[C@@H]1O. The molecule has 222 valence electrons. The molecule has 3 aromatic rings. The number of aliphatic hydroxyl groups excluding tert-OH is 3. The molecule has 2 heterocycles. The van der Waals surface area contributed by atoms with Crippen LogP contribution < -0.4 is 10.2 Å². The summed E-state index contributed by atoms with van der Waals surface area (Å²) in [6, 6.07) is 4.19. The van der Waals surface area contributed by atoms with Crippen molar-refractivity contribution in [2.75, 3.05) is 6.61 Å². The molecule has 4 rings (SSSR count). The number of phenolic OH excluding ortho intramolecular Hbond substituents is 4. The molecule has 14 heteroatoms. The average molecular weight is 579 g/mol. The molecule has 5 atom stereocenters. The second-order valence-electron chi connectivity index (χ2n) is 9.53. The minimum absolute atomic E-state index is 0.0144. The van der Waals surface area contributed by atoms with Crippen molar-refractivity contribution in [3.8, 4) is 45.8 Å². The molecule has 1 aliphatic rings. The number of phenols is 4. The summed E-state index contributed by atoms with van der Waals surface area (Å²) in [5, 5.41) is 81.5. The van der Waals surface area contributed by atoms with Crippen molar-refractivity contribution >= 4 is 16.9 Å². The molecule has 0 unspecified atom stereocenters. The minimum Gasteiger partial charge on any atom is -0.504 e. The molecule has 41 heavy (non-hydrogen) atoms. The Morgan fingerprint density at radius 3 is 2.32 bits per heavy atom. The van der Waals surface area contributed by atoms with Gasteiger partial charge in [-0.1, -0.05) is 19.8 Å². The first-order valence-corrected chi connectivity index (χ1v) is 12.7. The van der Waals surface area contributed by atoms with Gasteiger partial charge in [0.05, 0.1) is 0 Å². The molecular weight excluding hydrogens is 548 g/mol. The Bertz CT molecular complexity index is 1480. The van der Waals surface area contributed by atoms with E-state index in [0.717, 1.165) is 31.0 Å². The summed E-state index contributed by atoms with van der Waals surface area (Å²) in [5.74, 6) is -5.64. The summed E-state index contributed by atoms with van der Waals surface area (Å²) in [7, 11) is 0. The maximum absolute atomic E-state index is 13.0. The third kappa shape index (κ3) is 5.95. The van der Waals surface area contributed by atoms with Crippen LogP contribution in [0.3, 0.4) is 0 Å². The average Bonchev–Trinajstić information content (AvgIpc) is 2.93. The van der Waals surface area contributed by atoms with E-state index >= 15 is 0 Å². The number of hydrogen-bond donors (Lipinski definition) is 8. The number of hydrogen-bond acceptors (Lipinski definition) is 14. The largest absolute Gasteiger partial charge is 0.504 e. The van der Waals surface area contributed by atoms with Gasteiger partial charge in [0.1, 0.15) is 42.0 Å². The maximum atomic E-state index is 13.0. The van der Waals surface area contributed by atoms with Crippen LogP contribution in [0.2, 0.25) is 0 Å². The number of rotatable bonds is 9. The molecule has 0 bridgehead atoms. The van der Waals surface area contributed by atoms with Crippen LogP contribution in [-0.4, -0.2) is 84.1 Å². The zero-order chi connectivity index (χ0) is 30.0. The Morgan fingerprint density at radius 1 is 0.902 bits per heavy atom. The van der Waals surface area contributed by atoms with Gasteiger partial charge in [0.25, 0.3) is 0 Å². The van der Waals surface area contributed by atoms with Crippen LogP contribution in [0.15, 0.2) is 33.5 Å². The predicted octanol–water partition coefficient (Wildman–Crippen LogP) is 1.30. The van der Waals surface area contributed by atoms with Crippen molar-refractivity contribution < 1.29 is 64.3 Å². The van der Waals surface area contributed by atoms with E-state index in [1.807, 2.05) is 6.92 Å². The first-order valence-electron chi connectivity index (χ1n) is 12.7. The fourth-order valence-electron chi connectivity index (χ4n) is 4.30. The molecule has 0 saturated carbocycles. The van der Waals surface area contributed by atoms with Gasteiger partial charge in [0, 0.05) is 18.1 Å². The Hall–Kier alpha value is -4.24. The number of aromatic hydroxyl groups is 5. The van der Waals surface area contributed by atoms with Crippen LogP contribution in [-0.2, 0) is 14.3 Å². The minimum atomic E-state index is -1.91. The van der Waals surface area contributed by atoms with Crippen LogP contribution in [0.1, 0.15) is 32.6 Å². The molecule has 1 fully saturated rings. The first-order chi connectivity index (χ1) is 19.4. The standard InChI is InChI=1S/C27H30O14/c1-2-3-4-5-17(31)38-10-16-19(32)22(35)24(37)27(40-16)41-26-14(30)9-15-18(21(26)34)20(33)23(36)25(39-15)11-6-7-12(28)13(29)8-11/h6-9,16,19,22,24,27-30,32,34-37H,2-5,10H2,1H3/t16-,19-,22+,24-,27+/m1/s1. The molecule has 1 aromatic heterocycles. The van der Waals surface area contributed by atoms with Crippen LogP contribution >= 0.6 is 0 Å². The Labute approximate surface area is 231 Å². The summed E-state index contributed by atoms with van der Waals surface area (Å²) in [5.41, 5.74) is -1.59. The Kier molecular flexibility index (Phi) is 8.77. The summed E-state index contributed by atoms with van der Waals surface area (Å²) < 4.78 is 21.5. The van der Waals surface area contributed by atoms with E-state index in [-0.39, 0.29) is 12.0 Å². The highest BCUT2D eigenvalue weighted by Crippen LogP contribution is 2.45. The number of carbonyl (C=O) groups excluding carboxylic acids is 1. The molecule has 2 aromatic carbocycles. The van der Waals surface area contributed by atoms with E-state index in [1.54, 1.807) is 0 Å². The number of fused-ring (bicyclic) bond motifs is 1. The van der Waals surface area contributed by atoms with Crippen LogP contribution in [0.5, 0.6) is 34.5 Å². The van der Waals surface area contributed by atoms with E-state index in [9.17, 15) is 50.4 Å². The molecule has 0 amide bonds. The van der Waals surface area contributed by atoms with E-state index < -0.39 is 99.9 Å². The summed E-state index contributed by atoms with van der Waals surface area (Å²) in [6.07, 6.45) is -6.20. The number of benzene rings is 2. The van der Waals surface area contributed by atoms with Crippen molar-refractivity contribution in [1.29, 1.82) is 0 Å². The third-order valence-electron chi connectivity index (χ3n) is 6.60. The second-order valence-corrected chi connectivity index (χ2v) is 9.53. The maximum Gasteiger partial charge on any atom is 0.305 e. The number of ether oxygens (including phenoxy) is 3. The van der Waals surface area contributed by atoms with Crippen molar-refractivity contribution in [2.45, 2.75) is 63.3 Å². The smallest absolute Gasteiger partial charge is 0.305 e. The fraction of sp³-hybridized carbons (Fsp3) is 0.407. The number of unbranched alkanes of at least 4 members (excludes halogenated alkanes) is 2. The van der Waals surface area contributed by atoms with Crippen molar-refractivity contribution in [2.24, 2.45) is 0 Å². The van der Waals surface area contributed by atoms with Gasteiger partial charge in [-0.05, 0) is 24.6 Å². The Morgan fingerprint density at radius 2 is 1.63 bits per heavy atom. The van der Waals surface area contributed by atoms with Gasteiger partial charge < -0.3 is 59.5 Å². The molecule has 14 nitrogen and oxygen atoms in total. The lowest BCUT2D eigenvalue weighted by atomic mass is 9.99. The summed E-state index contributed by atoms with van der Waals surface area (Å²) >= 11 is 0. The summed E-state index contributed by atoms with van der Waals surface area (Å²) in [4.78, 5) is 24.9. The molecule has 0 radical (unpaired) electrons. The van der Waals surface area contributed by atoms with Crippen LogP contribution in [0, 0.1) is 0 Å². The molecule has 1 saturated heterocycles. The van der Waals surface area contributed by atoms with Crippen molar-refractivity contribution in [3.63, 3.8) is 0 Å². The van der Waals surface area contributed by atoms with E-state index in [1.165, 1.54) is 6.07 Å². The van der Waals surface area contributed by atoms with Gasteiger partial charge in [0.15, 0.2) is 28.8 Å². The van der Waals surface area contributed by atoms with Crippen LogP contribution in [0.25, 0.3) is 22.3 Å². The lowest BCUT2D eigenvalue weighted by Crippen LogP contribution is -2.60. The number of carbonyl (C=O) groups is 1. The fourth-order valence-corrected chi connectivity index (χ4v) is 4.30. The second kappa shape index (κ2) is 12.1. The molecule has 0 spiro atoms. The van der Waals surface area contributed by atoms with Gasteiger partial charge in [-0.25, -0.2) is 0 Å². The van der Waals surface area contributed by atoms with E-state index in [2.05, 4.69) is 0 Å². The van der Waals surface area contributed by atoms with Gasteiger partial charge in [-0.3, -0.25) is 9.59 Å². The zero-order valence-corrected chi connectivity index (χ0v) is 21.8. The van der Waals surface area contributed by atoms with Gasteiger partial charge >= 0.3 is 5.97 Å². The third-order valence-corrected chi connectivity index (χ3v) is 6.60. The monoisotopic (exact) mass is 578 g/mol. The quantitative estimate of drug-likeness (QED) is 0.101. The molecule has 1 aliphatic heterocycles. The van der Waals surface area contributed by atoms with Gasteiger partial charge in [-0.15, -0.1) is 0 Å². The lowest BCUT2D eigenvalue weighted by Gasteiger charge is -2.40. The normalized spacial score (nSPS) is 22.5. The molecular formula is C27H30O14. The van der Waals surface area contributed by atoms with Crippen molar-refractivity contribution in [1.82, 2.24) is 0 Å². The number of esters is 1. The highest BCUT2D eigenvalue weighted by atomic mass is 16.7. The molecule has 0 aliphatic carbocycles. The lowest BCUT2D eigenvalue weighted by molar-refractivity contribution is -0.278. The van der Waals surface area contributed by atoms with Gasteiger partial charge in [-0.2, -0.15) is 0 Å². The van der Waals surface area contributed by atoms with E-state index in [4.69, 9.17) is 18.6 Å². The topological polar surface area (TPSA) is 237 Å². The Balaban J connectivity index is 1.62. The molecule has 8 N–H and O–H groups in total. The summed E-state index contributed by atoms with van der Waals surface area (Å²) in [6.45, 7) is 1.46. The van der Waals surface area contributed by atoms with Crippen LogP contribution in [0.4, 0.5) is 0 Å². The first kappa shape index (κ1) is 29.7. The van der Waals surface area contributed by atoms with E-state index in [0.29, 0.717) is 6.42 Å². The van der Waals surface area contributed by atoms with Crippen molar-refractivity contribution in [3.05, 3.63) is 34.5 Å². The van der Waals surface area contributed by atoms with Gasteiger partial charge in [0.2, 0.25) is 23.2 Å². The highest BCUT2D eigenvalue weighted by molar-refractivity contribution is 5.91. The predicted molar refractivity (Wildman–Crippen MR) is 139 cm³/mol. The highest BCUT2D eigenvalue weighted by Gasteiger charge is 2.46.